The van der Waals surface area contributed by atoms with Crippen LogP contribution >= 0.6 is 0 Å². The monoisotopic (exact) mass is 292 g/mol. The first-order chi connectivity index (χ1) is 10.0. The second kappa shape index (κ2) is 9.10. The molecule has 1 aromatic carbocycles. The molecule has 2 N–H and O–H groups in total. The maximum Gasteiger partial charge on any atom is 0.272 e. The Balaban J connectivity index is 2.40. The van der Waals surface area contributed by atoms with Crippen LogP contribution in [0.3, 0.4) is 0 Å². The maximum atomic E-state index is 12.0. The third-order valence-electron chi connectivity index (χ3n) is 3.48. The van der Waals surface area contributed by atoms with Crippen molar-refractivity contribution in [3.8, 4) is 0 Å². The molecule has 0 heterocycles. The van der Waals surface area contributed by atoms with E-state index in [1.54, 1.807) is 0 Å². The molecule has 21 heavy (non-hydrogen) atoms. The van der Waals surface area contributed by atoms with E-state index in [-0.39, 0.29) is 17.2 Å². The summed E-state index contributed by atoms with van der Waals surface area (Å²) in [6.45, 7) is 2.18. The summed E-state index contributed by atoms with van der Waals surface area (Å²) in [5.74, 6) is -0.0704. The number of nitro benzene ring substituents is 1. The highest BCUT2D eigenvalue weighted by molar-refractivity contribution is 5.97. The van der Waals surface area contributed by atoms with Crippen LogP contribution in [-0.4, -0.2) is 10.7 Å². The number of carbonyl (C=O) groups is 1. The average Bonchev–Trinajstić information content (AvgIpc) is 2.45. The van der Waals surface area contributed by atoms with Gasteiger partial charge in [-0.2, -0.15) is 0 Å². The van der Waals surface area contributed by atoms with Gasteiger partial charge in [-0.25, -0.2) is 0 Å². The van der Waals surface area contributed by atoms with Crippen molar-refractivity contribution in [2.45, 2.75) is 58.3 Å². The first-order valence-electron chi connectivity index (χ1n) is 7.62. The van der Waals surface area contributed by atoms with E-state index in [0.717, 1.165) is 19.3 Å². The Morgan fingerprint density at radius 2 is 1.71 bits per heavy atom. The summed E-state index contributed by atoms with van der Waals surface area (Å²) in [5.41, 5.74) is 6.07. The van der Waals surface area contributed by atoms with Crippen molar-refractivity contribution in [3.63, 3.8) is 0 Å². The van der Waals surface area contributed by atoms with Gasteiger partial charge in [0.15, 0.2) is 5.78 Å². The van der Waals surface area contributed by atoms with Crippen LogP contribution in [0.2, 0.25) is 0 Å². The van der Waals surface area contributed by atoms with Crippen LogP contribution in [0.1, 0.15) is 68.6 Å². The van der Waals surface area contributed by atoms with Gasteiger partial charge in [-0.05, 0) is 12.5 Å². The van der Waals surface area contributed by atoms with Gasteiger partial charge in [-0.15, -0.1) is 0 Å². The fraction of sp³-hybridized carbons (Fsp3) is 0.562. The fourth-order valence-electron chi connectivity index (χ4n) is 2.29. The van der Waals surface area contributed by atoms with Crippen LogP contribution < -0.4 is 5.73 Å². The van der Waals surface area contributed by atoms with Crippen molar-refractivity contribution < 1.29 is 9.72 Å². The number of nitrogen functional groups attached to an aromatic ring is 1. The summed E-state index contributed by atoms with van der Waals surface area (Å²) in [4.78, 5) is 22.3. The van der Waals surface area contributed by atoms with Crippen LogP contribution in [0.4, 0.5) is 11.4 Å². The Bertz CT molecular complexity index is 486. The number of hydrogen-bond acceptors (Lipinski definition) is 4. The molecule has 0 unspecified atom stereocenters. The summed E-state index contributed by atoms with van der Waals surface area (Å²) in [6.07, 6.45) is 8.39. The molecule has 0 saturated carbocycles. The van der Waals surface area contributed by atoms with Crippen LogP contribution in [0, 0.1) is 10.1 Å². The summed E-state index contributed by atoms with van der Waals surface area (Å²) >= 11 is 0. The van der Waals surface area contributed by atoms with Gasteiger partial charge in [0.1, 0.15) is 0 Å². The van der Waals surface area contributed by atoms with Crippen molar-refractivity contribution in [2.75, 3.05) is 5.73 Å². The molecule has 0 aliphatic carbocycles. The van der Waals surface area contributed by atoms with Gasteiger partial charge >= 0.3 is 0 Å². The lowest BCUT2D eigenvalue weighted by Crippen LogP contribution is -2.02. The minimum atomic E-state index is -0.527. The predicted molar refractivity (Wildman–Crippen MR) is 84.4 cm³/mol. The lowest BCUT2D eigenvalue weighted by Gasteiger charge is -2.03. The standard InChI is InChI=1S/C16H24N2O3/c1-2-3-4-5-6-7-8-9-16(19)13-10-14(17)12-15(11-13)18(20)21/h10-12H,2-9,17H2,1H3. The molecule has 0 atom stereocenters. The van der Waals surface area contributed by atoms with Crippen LogP contribution in [0.5, 0.6) is 0 Å². The molecule has 0 fully saturated rings. The van der Waals surface area contributed by atoms with E-state index in [2.05, 4.69) is 6.92 Å². The van der Waals surface area contributed by atoms with Crippen molar-refractivity contribution >= 4 is 17.2 Å². The number of anilines is 1. The Kier molecular flexibility index (Phi) is 7.43. The first kappa shape index (κ1) is 17.1. The normalized spacial score (nSPS) is 10.5. The molecule has 0 spiro atoms. The molecule has 0 bridgehead atoms. The van der Waals surface area contributed by atoms with E-state index < -0.39 is 4.92 Å². The first-order valence-corrected chi connectivity index (χ1v) is 7.62. The van der Waals surface area contributed by atoms with Crippen molar-refractivity contribution in [1.29, 1.82) is 0 Å². The molecule has 0 amide bonds. The third-order valence-corrected chi connectivity index (χ3v) is 3.48. The quantitative estimate of drug-likeness (QED) is 0.226. The van der Waals surface area contributed by atoms with E-state index in [1.165, 1.54) is 43.9 Å². The van der Waals surface area contributed by atoms with Crippen LogP contribution in [0.25, 0.3) is 0 Å². The summed E-state index contributed by atoms with van der Waals surface area (Å²) in [7, 11) is 0. The highest BCUT2D eigenvalue weighted by Crippen LogP contribution is 2.20. The Hall–Kier alpha value is -1.91. The molecule has 0 aliphatic heterocycles. The van der Waals surface area contributed by atoms with Gasteiger partial charge in [-0.1, -0.05) is 45.4 Å². The number of unbranched alkanes of at least 4 members (excludes halogenated alkanes) is 6. The number of nitrogens with zero attached hydrogens (tertiary/aromatic N) is 1. The number of ketones is 1. The Morgan fingerprint density at radius 3 is 2.33 bits per heavy atom. The number of nitro groups is 1. The van der Waals surface area contributed by atoms with Crippen LogP contribution in [0.15, 0.2) is 18.2 Å². The fourth-order valence-corrected chi connectivity index (χ4v) is 2.29. The number of non-ortho nitro benzene ring substituents is 1. The molecule has 5 heteroatoms. The lowest BCUT2D eigenvalue weighted by molar-refractivity contribution is -0.384. The minimum absolute atomic E-state index is 0.0704. The molecule has 0 aliphatic rings. The van der Waals surface area contributed by atoms with Crippen molar-refractivity contribution in [1.82, 2.24) is 0 Å². The lowest BCUT2D eigenvalue weighted by atomic mass is 10.0. The van der Waals surface area contributed by atoms with E-state index >= 15 is 0 Å². The molecular weight excluding hydrogens is 268 g/mol. The zero-order chi connectivity index (χ0) is 15.7. The summed E-state index contributed by atoms with van der Waals surface area (Å²) in [6, 6.07) is 4.08. The smallest absolute Gasteiger partial charge is 0.272 e. The minimum Gasteiger partial charge on any atom is -0.399 e. The largest absolute Gasteiger partial charge is 0.399 e. The molecule has 0 aromatic heterocycles. The van der Waals surface area contributed by atoms with Gasteiger partial charge in [-0.3, -0.25) is 14.9 Å². The van der Waals surface area contributed by atoms with Crippen molar-refractivity contribution in [3.05, 3.63) is 33.9 Å². The van der Waals surface area contributed by atoms with Gasteiger partial charge in [0.2, 0.25) is 0 Å². The van der Waals surface area contributed by atoms with E-state index in [1.807, 2.05) is 0 Å². The van der Waals surface area contributed by atoms with E-state index in [9.17, 15) is 14.9 Å². The second-order valence-corrected chi connectivity index (χ2v) is 5.36. The number of benzene rings is 1. The second-order valence-electron chi connectivity index (χ2n) is 5.36. The summed E-state index contributed by atoms with van der Waals surface area (Å²) in [5, 5.41) is 10.8. The van der Waals surface area contributed by atoms with E-state index in [4.69, 9.17) is 5.73 Å². The third kappa shape index (κ3) is 6.38. The van der Waals surface area contributed by atoms with Gasteiger partial charge in [0.05, 0.1) is 4.92 Å². The summed E-state index contributed by atoms with van der Waals surface area (Å²) < 4.78 is 0. The number of Topliss-reactive ketones (excluding diaryl/α,β-unsaturated/α-hetero) is 1. The Morgan fingerprint density at radius 1 is 1.10 bits per heavy atom. The number of hydrogen-bond donors (Lipinski definition) is 1. The Labute approximate surface area is 125 Å². The number of nitrogens with two attached hydrogens (primary N) is 1. The predicted octanol–water partition coefficient (Wildman–Crippen LogP) is 4.50. The SMILES string of the molecule is CCCCCCCCCC(=O)c1cc(N)cc([N+](=O)[O-])c1. The zero-order valence-corrected chi connectivity index (χ0v) is 12.6. The van der Waals surface area contributed by atoms with Crippen LogP contribution in [-0.2, 0) is 0 Å². The molecule has 0 saturated heterocycles. The highest BCUT2D eigenvalue weighted by Gasteiger charge is 2.13. The highest BCUT2D eigenvalue weighted by atomic mass is 16.6. The van der Waals surface area contributed by atoms with E-state index in [0.29, 0.717) is 12.0 Å². The molecule has 5 nitrogen and oxygen atoms in total. The molecule has 1 aromatic rings. The number of carbonyl (C=O) groups excluding carboxylic acids is 1. The maximum absolute atomic E-state index is 12.0. The molecule has 1 rings (SSSR count). The average molecular weight is 292 g/mol. The molecule has 0 radical (unpaired) electrons. The number of rotatable bonds is 10. The van der Waals surface area contributed by atoms with Gasteiger partial charge in [0, 0.05) is 29.8 Å². The molecule has 116 valence electrons. The molecular formula is C16H24N2O3. The van der Waals surface area contributed by atoms with Crippen molar-refractivity contribution in [2.24, 2.45) is 0 Å². The topological polar surface area (TPSA) is 86.2 Å². The van der Waals surface area contributed by atoms with Gasteiger partial charge in [0.25, 0.3) is 5.69 Å². The van der Waals surface area contributed by atoms with Gasteiger partial charge < -0.3 is 5.73 Å². The zero-order valence-electron chi connectivity index (χ0n) is 12.6.